The molecule has 114 valence electrons. The minimum absolute atomic E-state index is 0.173. The normalized spacial score (nSPS) is 26.1. The molecule has 0 bridgehead atoms. The smallest absolute Gasteiger partial charge is 0.183 e. The van der Waals surface area contributed by atoms with Crippen LogP contribution in [-0.4, -0.2) is 45.4 Å². The van der Waals surface area contributed by atoms with Gasteiger partial charge in [0, 0.05) is 25.6 Å². The van der Waals surface area contributed by atoms with Gasteiger partial charge in [-0.15, -0.1) is 0 Å². The van der Waals surface area contributed by atoms with Gasteiger partial charge in [-0.05, 0) is 17.7 Å². The molecule has 1 heterocycles. The van der Waals surface area contributed by atoms with Crippen molar-refractivity contribution in [1.82, 2.24) is 0 Å². The van der Waals surface area contributed by atoms with Crippen LogP contribution < -0.4 is 4.74 Å². The van der Waals surface area contributed by atoms with E-state index in [1.54, 1.807) is 14.2 Å². The summed E-state index contributed by atoms with van der Waals surface area (Å²) < 4.78 is 21.9. The summed E-state index contributed by atoms with van der Waals surface area (Å²) in [5.41, 5.74) is 8.73. The molecule has 1 aromatic rings. The fourth-order valence-electron chi connectivity index (χ4n) is 2.30. The summed E-state index contributed by atoms with van der Waals surface area (Å²) in [4.78, 5) is 2.88. The van der Waals surface area contributed by atoms with E-state index in [4.69, 9.17) is 24.5 Å². The molecular weight excluding hydrogens is 274 g/mol. The van der Waals surface area contributed by atoms with Crippen LogP contribution in [0.15, 0.2) is 35.4 Å². The fourth-order valence-corrected chi connectivity index (χ4v) is 2.30. The molecule has 0 saturated carbocycles. The SMILES string of the molecule is COC1O[C@H]([C@H](COc2ccccc2)N=[N+]=[N-])C[C@H]1OC. The second-order valence-corrected chi connectivity index (χ2v) is 4.68. The summed E-state index contributed by atoms with van der Waals surface area (Å²) in [6, 6.07) is 8.92. The largest absolute Gasteiger partial charge is 0.493 e. The highest BCUT2D eigenvalue weighted by Crippen LogP contribution is 2.27. The van der Waals surface area contributed by atoms with Gasteiger partial charge in [-0.3, -0.25) is 0 Å². The number of azide groups is 1. The van der Waals surface area contributed by atoms with Gasteiger partial charge in [0.1, 0.15) is 11.9 Å². The van der Waals surface area contributed by atoms with Gasteiger partial charge in [0.2, 0.25) is 0 Å². The van der Waals surface area contributed by atoms with Crippen molar-refractivity contribution in [2.75, 3.05) is 20.8 Å². The topological polar surface area (TPSA) is 85.7 Å². The van der Waals surface area contributed by atoms with Gasteiger partial charge < -0.3 is 18.9 Å². The van der Waals surface area contributed by atoms with Crippen LogP contribution >= 0.6 is 0 Å². The molecular formula is C14H19N3O4. The lowest BCUT2D eigenvalue weighted by molar-refractivity contribution is -0.157. The van der Waals surface area contributed by atoms with Crippen molar-refractivity contribution < 1.29 is 18.9 Å². The standard InChI is InChI=1S/C14H19N3O4/c1-18-13-8-12(21-14(13)19-2)11(16-17-15)9-20-10-6-4-3-5-7-10/h3-7,11-14H,8-9H2,1-2H3/t11-,12-,13+,14?/m0/s1. The number of ether oxygens (including phenoxy) is 4. The van der Waals surface area contributed by atoms with Crippen LogP contribution in [0.5, 0.6) is 5.75 Å². The van der Waals surface area contributed by atoms with Crippen molar-refractivity contribution in [3.05, 3.63) is 40.8 Å². The Morgan fingerprint density at radius 3 is 2.67 bits per heavy atom. The summed E-state index contributed by atoms with van der Waals surface area (Å²) in [6.07, 6.45) is -0.322. The minimum atomic E-state index is -0.451. The number of hydrogen-bond acceptors (Lipinski definition) is 5. The molecule has 0 amide bonds. The lowest BCUT2D eigenvalue weighted by Crippen LogP contribution is -2.30. The Bertz CT molecular complexity index is 466. The van der Waals surface area contributed by atoms with E-state index in [1.807, 2.05) is 30.3 Å². The maximum atomic E-state index is 8.73. The Morgan fingerprint density at radius 2 is 2.10 bits per heavy atom. The van der Waals surface area contributed by atoms with E-state index in [0.29, 0.717) is 6.42 Å². The van der Waals surface area contributed by atoms with Crippen LogP contribution in [0.3, 0.4) is 0 Å². The highest BCUT2D eigenvalue weighted by atomic mass is 16.7. The molecule has 21 heavy (non-hydrogen) atoms. The van der Waals surface area contributed by atoms with Gasteiger partial charge in [-0.1, -0.05) is 23.3 Å². The molecule has 1 aromatic carbocycles. The lowest BCUT2D eigenvalue weighted by atomic mass is 10.1. The van der Waals surface area contributed by atoms with Crippen molar-refractivity contribution >= 4 is 0 Å². The summed E-state index contributed by atoms with van der Waals surface area (Å²) in [5, 5.41) is 3.78. The summed E-state index contributed by atoms with van der Waals surface area (Å²) in [5.74, 6) is 0.722. The predicted octanol–water partition coefficient (Wildman–Crippen LogP) is 2.52. The van der Waals surface area contributed by atoms with Crippen LogP contribution in [0.2, 0.25) is 0 Å². The predicted molar refractivity (Wildman–Crippen MR) is 76.0 cm³/mol. The zero-order valence-electron chi connectivity index (χ0n) is 12.1. The first-order valence-corrected chi connectivity index (χ1v) is 6.71. The van der Waals surface area contributed by atoms with E-state index >= 15 is 0 Å². The fraction of sp³-hybridized carbons (Fsp3) is 0.571. The van der Waals surface area contributed by atoms with Gasteiger partial charge >= 0.3 is 0 Å². The Balaban J connectivity index is 1.97. The van der Waals surface area contributed by atoms with Crippen molar-refractivity contribution in [3.8, 4) is 5.75 Å². The zero-order chi connectivity index (χ0) is 15.1. The first kappa shape index (κ1) is 15.6. The number of benzene rings is 1. The number of para-hydroxylation sites is 1. The van der Waals surface area contributed by atoms with Crippen molar-refractivity contribution in [2.45, 2.75) is 31.0 Å². The van der Waals surface area contributed by atoms with E-state index in [9.17, 15) is 0 Å². The Labute approximate surface area is 123 Å². The van der Waals surface area contributed by atoms with Gasteiger partial charge in [0.05, 0.1) is 18.8 Å². The third kappa shape index (κ3) is 4.09. The van der Waals surface area contributed by atoms with E-state index < -0.39 is 12.3 Å². The van der Waals surface area contributed by atoms with Crippen molar-refractivity contribution in [3.63, 3.8) is 0 Å². The van der Waals surface area contributed by atoms with Crippen LogP contribution in [0.25, 0.3) is 10.4 Å². The second-order valence-electron chi connectivity index (χ2n) is 4.68. The molecule has 7 nitrogen and oxygen atoms in total. The number of hydrogen-bond donors (Lipinski definition) is 0. The molecule has 1 saturated heterocycles. The van der Waals surface area contributed by atoms with E-state index in [2.05, 4.69) is 10.0 Å². The highest BCUT2D eigenvalue weighted by Gasteiger charge is 2.39. The number of nitrogens with zero attached hydrogens (tertiary/aromatic N) is 3. The third-order valence-corrected chi connectivity index (χ3v) is 3.41. The summed E-state index contributed by atoms with van der Waals surface area (Å²) >= 11 is 0. The van der Waals surface area contributed by atoms with Crippen molar-refractivity contribution in [1.29, 1.82) is 0 Å². The molecule has 1 fully saturated rings. The van der Waals surface area contributed by atoms with Gasteiger partial charge in [0.15, 0.2) is 6.29 Å². The average Bonchev–Trinajstić information content (AvgIpc) is 2.95. The number of rotatable bonds is 7. The van der Waals surface area contributed by atoms with Crippen LogP contribution in [0, 0.1) is 0 Å². The van der Waals surface area contributed by atoms with Crippen LogP contribution in [0.1, 0.15) is 6.42 Å². The maximum Gasteiger partial charge on any atom is 0.183 e. The Hall–Kier alpha value is -1.79. The molecule has 4 atom stereocenters. The molecule has 0 N–H and O–H groups in total. The molecule has 1 aliphatic rings. The monoisotopic (exact) mass is 293 g/mol. The van der Waals surface area contributed by atoms with Crippen LogP contribution in [-0.2, 0) is 14.2 Å². The van der Waals surface area contributed by atoms with E-state index in [-0.39, 0.29) is 18.8 Å². The maximum absolute atomic E-state index is 8.73. The van der Waals surface area contributed by atoms with E-state index in [1.165, 1.54) is 0 Å². The lowest BCUT2D eigenvalue weighted by Gasteiger charge is -2.19. The molecule has 1 aliphatic heterocycles. The third-order valence-electron chi connectivity index (χ3n) is 3.41. The number of methoxy groups -OCH3 is 2. The molecule has 1 unspecified atom stereocenters. The molecule has 0 aromatic heterocycles. The quantitative estimate of drug-likeness (QED) is 0.439. The highest BCUT2D eigenvalue weighted by molar-refractivity contribution is 5.21. The van der Waals surface area contributed by atoms with Gasteiger partial charge in [-0.25, -0.2) is 0 Å². The summed E-state index contributed by atoms with van der Waals surface area (Å²) in [7, 11) is 3.16. The molecule has 0 aliphatic carbocycles. The first-order chi connectivity index (χ1) is 10.3. The van der Waals surface area contributed by atoms with Crippen molar-refractivity contribution in [2.24, 2.45) is 5.11 Å². The second kappa shape index (κ2) is 7.85. The molecule has 0 radical (unpaired) electrons. The van der Waals surface area contributed by atoms with Crippen LogP contribution in [0.4, 0.5) is 0 Å². The average molecular weight is 293 g/mol. The minimum Gasteiger partial charge on any atom is -0.493 e. The summed E-state index contributed by atoms with van der Waals surface area (Å²) in [6.45, 7) is 0.242. The van der Waals surface area contributed by atoms with Gasteiger partial charge in [-0.2, -0.15) is 0 Å². The first-order valence-electron chi connectivity index (χ1n) is 6.71. The Morgan fingerprint density at radius 1 is 1.33 bits per heavy atom. The molecule has 2 rings (SSSR count). The molecule has 0 spiro atoms. The van der Waals surface area contributed by atoms with E-state index in [0.717, 1.165) is 5.75 Å². The van der Waals surface area contributed by atoms with Gasteiger partial charge in [0.25, 0.3) is 0 Å². The Kier molecular flexibility index (Phi) is 5.83. The zero-order valence-corrected chi connectivity index (χ0v) is 12.1. The molecule has 7 heteroatoms.